The van der Waals surface area contributed by atoms with Crippen molar-refractivity contribution in [3.05, 3.63) is 99.5 Å². The molecule has 152 valence electrons. The zero-order valence-corrected chi connectivity index (χ0v) is 17.8. The highest BCUT2D eigenvalue weighted by atomic mass is 32.1. The van der Waals surface area contributed by atoms with E-state index in [4.69, 9.17) is 4.74 Å². The fraction of sp³-hybridized carbons (Fsp3) is 0.167. The summed E-state index contributed by atoms with van der Waals surface area (Å²) in [5.41, 5.74) is 5.17. The molecule has 0 spiro atoms. The molecule has 0 aliphatic heterocycles. The minimum atomic E-state index is -0.141. The van der Waals surface area contributed by atoms with Crippen molar-refractivity contribution >= 4 is 22.9 Å². The number of thiophene rings is 1. The normalized spacial score (nSPS) is 10.7. The first-order valence-electron chi connectivity index (χ1n) is 9.72. The third-order valence-corrected chi connectivity index (χ3v) is 5.83. The second-order valence-electron chi connectivity index (χ2n) is 7.18. The van der Waals surface area contributed by atoms with Gasteiger partial charge in [-0.3, -0.25) is 9.48 Å². The molecule has 0 saturated heterocycles. The maximum absolute atomic E-state index is 12.6. The molecule has 1 amide bonds. The number of ether oxygens (including phenoxy) is 1. The third-order valence-electron chi connectivity index (χ3n) is 4.85. The minimum Gasteiger partial charge on any atom is -0.489 e. The number of aryl methyl sites for hydroxylation is 2. The number of carbonyl (C=O) groups is 1. The number of hydrogen-bond acceptors (Lipinski definition) is 4. The Bertz CT molecular complexity index is 1160. The summed E-state index contributed by atoms with van der Waals surface area (Å²) in [5, 5.41) is 9.24. The molecule has 6 heteroatoms. The average Bonchev–Trinajstić information content (AvgIpc) is 3.39. The molecule has 5 nitrogen and oxygen atoms in total. The molecule has 0 aliphatic carbocycles. The highest BCUT2D eigenvalue weighted by Crippen LogP contribution is 2.21. The molecule has 30 heavy (non-hydrogen) atoms. The first-order valence-corrected chi connectivity index (χ1v) is 10.6. The standard InChI is InChI=1S/C24H23N3O2S/c1-17-7-3-5-9-20(17)13-27-14-21(12-25-27)26-24(28)23-11-19(16-30-23)15-29-22-10-6-4-8-18(22)2/h3-12,14,16H,13,15H2,1-2H3,(H,26,28). The van der Waals surface area contributed by atoms with Crippen LogP contribution in [0.5, 0.6) is 5.75 Å². The number of aromatic nitrogens is 2. The Hall–Kier alpha value is -3.38. The van der Waals surface area contributed by atoms with Gasteiger partial charge in [-0.15, -0.1) is 11.3 Å². The molecule has 0 bridgehead atoms. The smallest absolute Gasteiger partial charge is 0.265 e. The Morgan fingerprint density at radius 2 is 1.87 bits per heavy atom. The molecular formula is C24H23N3O2S. The molecule has 2 aromatic carbocycles. The van der Waals surface area contributed by atoms with Crippen LogP contribution < -0.4 is 10.1 Å². The van der Waals surface area contributed by atoms with E-state index >= 15 is 0 Å². The minimum absolute atomic E-state index is 0.141. The lowest BCUT2D eigenvalue weighted by molar-refractivity contribution is 0.103. The third kappa shape index (κ3) is 4.78. The Morgan fingerprint density at radius 3 is 2.67 bits per heavy atom. The second kappa shape index (κ2) is 8.97. The zero-order valence-electron chi connectivity index (χ0n) is 17.0. The largest absolute Gasteiger partial charge is 0.489 e. The summed E-state index contributed by atoms with van der Waals surface area (Å²) in [5.74, 6) is 0.716. The molecule has 2 aromatic heterocycles. The van der Waals surface area contributed by atoms with Crippen LogP contribution in [0.1, 0.15) is 31.9 Å². The Labute approximate surface area is 179 Å². The van der Waals surface area contributed by atoms with E-state index < -0.39 is 0 Å². The summed E-state index contributed by atoms with van der Waals surface area (Å²) in [7, 11) is 0. The summed E-state index contributed by atoms with van der Waals surface area (Å²) >= 11 is 1.41. The molecule has 2 heterocycles. The van der Waals surface area contributed by atoms with Crippen molar-refractivity contribution in [3.8, 4) is 5.75 Å². The summed E-state index contributed by atoms with van der Waals surface area (Å²) < 4.78 is 7.69. The number of carbonyl (C=O) groups excluding carboxylic acids is 1. The summed E-state index contributed by atoms with van der Waals surface area (Å²) in [6.07, 6.45) is 3.52. The van der Waals surface area contributed by atoms with E-state index in [1.807, 2.05) is 65.6 Å². The van der Waals surface area contributed by atoms with Gasteiger partial charge in [-0.1, -0.05) is 42.5 Å². The van der Waals surface area contributed by atoms with E-state index in [0.29, 0.717) is 23.7 Å². The predicted octanol–water partition coefficient (Wildman–Crippen LogP) is 5.44. The van der Waals surface area contributed by atoms with Crippen molar-refractivity contribution in [1.29, 1.82) is 0 Å². The molecule has 1 N–H and O–H groups in total. The Balaban J connectivity index is 1.35. The van der Waals surface area contributed by atoms with Gasteiger partial charge in [0.15, 0.2) is 0 Å². The summed E-state index contributed by atoms with van der Waals surface area (Å²) in [6, 6.07) is 18.0. The van der Waals surface area contributed by atoms with E-state index in [2.05, 4.69) is 29.5 Å². The lowest BCUT2D eigenvalue weighted by Crippen LogP contribution is -2.09. The van der Waals surface area contributed by atoms with Crippen molar-refractivity contribution in [1.82, 2.24) is 9.78 Å². The average molecular weight is 418 g/mol. The number of para-hydroxylation sites is 1. The summed E-state index contributed by atoms with van der Waals surface area (Å²) in [6.45, 7) is 5.20. The van der Waals surface area contributed by atoms with Crippen LogP contribution in [-0.4, -0.2) is 15.7 Å². The maximum atomic E-state index is 12.6. The SMILES string of the molecule is Cc1ccccc1Cn1cc(NC(=O)c2cc(COc3ccccc3C)cs2)cn1. The van der Waals surface area contributed by atoms with Gasteiger partial charge < -0.3 is 10.1 Å². The number of hydrogen-bond donors (Lipinski definition) is 1. The zero-order chi connectivity index (χ0) is 20.9. The number of rotatable bonds is 7. The van der Waals surface area contributed by atoms with Crippen molar-refractivity contribution in [2.45, 2.75) is 27.0 Å². The Morgan fingerprint density at radius 1 is 1.10 bits per heavy atom. The van der Waals surface area contributed by atoms with Crippen LogP contribution in [0, 0.1) is 13.8 Å². The van der Waals surface area contributed by atoms with Crippen molar-refractivity contribution in [2.75, 3.05) is 5.32 Å². The molecular weight excluding hydrogens is 394 g/mol. The Kier molecular flexibility index (Phi) is 5.95. The van der Waals surface area contributed by atoms with Gasteiger partial charge in [0, 0.05) is 11.8 Å². The highest BCUT2D eigenvalue weighted by Gasteiger charge is 2.12. The van der Waals surface area contributed by atoms with E-state index in [9.17, 15) is 4.79 Å². The predicted molar refractivity (Wildman–Crippen MR) is 120 cm³/mol. The molecule has 0 saturated carbocycles. The van der Waals surface area contributed by atoms with Crippen LogP contribution in [0.25, 0.3) is 0 Å². The van der Waals surface area contributed by atoms with Crippen LogP contribution >= 0.6 is 11.3 Å². The van der Waals surface area contributed by atoms with Gasteiger partial charge in [0.25, 0.3) is 5.91 Å². The lowest BCUT2D eigenvalue weighted by atomic mass is 10.1. The van der Waals surface area contributed by atoms with Crippen LogP contribution in [0.15, 0.2) is 72.4 Å². The van der Waals surface area contributed by atoms with Gasteiger partial charge in [0.1, 0.15) is 12.4 Å². The number of anilines is 1. The molecule has 4 rings (SSSR count). The monoisotopic (exact) mass is 417 g/mol. The van der Waals surface area contributed by atoms with Crippen molar-refractivity contribution in [2.24, 2.45) is 0 Å². The van der Waals surface area contributed by atoms with E-state index in [1.54, 1.807) is 6.20 Å². The molecule has 0 atom stereocenters. The van der Waals surface area contributed by atoms with E-state index in [0.717, 1.165) is 16.9 Å². The van der Waals surface area contributed by atoms with Crippen LogP contribution in [-0.2, 0) is 13.2 Å². The van der Waals surface area contributed by atoms with Gasteiger partial charge in [-0.2, -0.15) is 5.10 Å². The van der Waals surface area contributed by atoms with Gasteiger partial charge in [-0.25, -0.2) is 0 Å². The van der Waals surface area contributed by atoms with Gasteiger partial charge in [0.2, 0.25) is 0 Å². The second-order valence-corrected chi connectivity index (χ2v) is 8.09. The van der Waals surface area contributed by atoms with E-state index in [1.165, 1.54) is 22.5 Å². The number of amides is 1. The molecule has 0 fully saturated rings. The highest BCUT2D eigenvalue weighted by molar-refractivity contribution is 7.12. The maximum Gasteiger partial charge on any atom is 0.265 e. The first kappa shape index (κ1) is 19.9. The van der Waals surface area contributed by atoms with Crippen LogP contribution in [0.4, 0.5) is 5.69 Å². The number of benzene rings is 2. The van der Waals surface area contributed by atoms with Crippen molar-refractivity contribution < 1.29 is 9.53 Å². The van der Waals surface area contributed by atoms with Gasteiger partial charge >= 0.3 is 0 Å². The quantitative estimate of drug-likeness (QED) is 0.436. The topological polar surface area (TPSA) is 56.2 Å². The molecule has 0 aliphatic rings. The van der Waals surface area contributed by atoms with Crippen molar-refractivity contribution in [3.63, 3.8) is 0 Å². The number of nitrogens with one attached hydrogen (secondary N) is 1. The van der Waals surface area contributed by atoms with Gasteiger partial charge in [-0.05, 0) is 48.1 Å². The molecule has 4 aromatic rings. The lowest BCUT2D eigenvalue weighted by Gasteiger charge is -2.07. The van der Waals surface area contributed by atoms with Gasteiger partial charge in [0.05, 0.1) is 23.3 Å². The fourth-order valence-corrected chi connectivity index (χ4v) is 3.91. The fourth-order valence-electron chi connectivity index (χ4n) is 3.12. The van der Waals surface area contributed by atoms with Crippen LogP contribution in [0.3, 0.4) is 0 Å². The first-order chi connectivity index (χ1) is 14.6. The summed E-state index contributed by atoms with van der Waals surface area (Å²) in [4.78, 5) is 13.2. The molecule has 0 unspecified atom stereocenters. The van der Waals surface area contributed by atoms with E-state index in [-0.39, 0.29) is 5.91 Å². The molecule has 0 radical (unpaired) electrons. The van der Waals surface area contributed by atoms with Crippen LogP contribution in [0.2, 0.25) is 0 Å². The number of nitrogens with zero attached hydrogens (tertiary/aromatic N) is 2.